The van der Waals surface area contributed by atoms with Crippen LogP contribution in [0.2, 0.25) is 0 Å². The third kappa shape index (κ3) is 9.63. The van der Waals surface area contributed by atoms with Crippen molar-refractivity contribution in [3.8, 4) is 0 Å². The number of esters is 4. The number of carbonyl (C=O) groups excluding carboxylic acids is 4. The molecule has 10 nitrogen and oxygen atoms in total. The number of hydrogen-bond acceptors (Lipinski definition) is 10. The van der Waals surface area contributed by atoms with E-state index in [9.17, 15) is 19.2 Å². The molecule has 1 fully saturated rings. The zero-order valence-electron chi connectivity index (χ0n) is 33.9. The van der Waals surface area contributed by atoms with Crippen LogP contribution in [0.3, 0.4) is 0 Å². The summed E-state index contributed by atoms with van der Waals surface area (Å²) in [5.74, 6) is -3.28. The molecule has 314 valence electrons. The minimum absolute atomic E-state index is 0.153. The van der Waals surface area contributed by atoms with Crippen molar-refractivity contribution in [1.29, 1.82) is 0 Å². The Balaban J connectivity index is 1.27. The number of carbonyl (C=O) groups is 4. The highest BCUT2D eigenvalue weighted by atomic mass is 16.7. The van der Waals surface area contributed by atoms with Gasteiger partial charge in [-0.1, -0.05) is 164 Å². The van der Waals surface area contributed by atoms with Crippen LogP contribution in [0.1, 0.15) is 58.1 Å². The maximum Gasteiger partial charge on any atom is 0.340 e. The molecule has 0 spiro atoms. The van der Waals surface area contributed by atoms with Gasteiger partial charge in [0, 0.05) is 0 Å². The second-order valence-electron chi connectivity index (χ2n) is 14.6. The predicted octanol–water partition coefficient (Wildman–Crippen LogP) is 9.25. The number of benzene rings is 7. The summed E-state index contributed by atoms with van der Waals surface area (Å²) in [6.45, 7) is -0.344. The predicted molar refractivity (Wildman–Crippen MR) is 233 cm³/mol. The molecule has 0 aliphatic carbocycles. The molecule has 0 saturated carbocycles. The zero-order valence-corrected chi connectivity index (χ0v) is 33.9. The first-order valence-electron chi connectivity index (χ1n) is 20.4. The Hall–Kier alpha value is -7.66. The van der Waals surface area contributed by atoms with Gasteiger partial charge >= 0.3 is 23.9 Å². The lowest BCUT2D eigenvalue weighted by atomic mass is 9.80. The lowest BCUT2D eigenvalue weighted by Gasteiger charge is -2.45. The van der Waals surface area contributed by atoms with E-state index in [0.717, 1.165) is 16.7 Å². The van der Waals surface area contributed by atoms with Crippen molar-refractivity contribution in [2.24, 2.45) is 0 Å². The van der Waals surface area contributed by atoms with E-state index < -0.39 is 60.2 Å². The smallest absolute Gasteiger partial charge is 0.340 e. The summed E-state index contributed by atoms with van der Waals surface area (Å²) in [5, 5.41) is 0. The van der Waals surface area contributed by atoms with Crippen LogP contribution in [0.4, 0.5) is 0 Å². The average molecular weight is 839 g/mol. The quantitative estimate of drug-likeness (QED) is 0.0595. The highest BCUT2D eigenvalue weighted by Crippen LogP contribution is 2.42. The van der Waals surface area contributed by atoms with Crippen LogP contribution in [-0.4, -0.2) is 61.2 Å². The lowest BCUT2D eigenvalue weighted by molar-refractivity contribution is -0.288. The molecule has 0 N–H and O–H groups in total. The van der Waals surface area contributed by atoms with E-state index in [4.69, 9.17) is 28.4 Å². The highest BCUT2D eigenvalue weighted by molar-refractivity contribution is 5.92. The molecule has 0 amide bonds. The Labute approximate surface area is 364 Å². The van der Waals surface area contributed by atoms with E-state index in [1.165, 1.54) is 0 Å². The van der Waals surface area contributed by atoms with Crippen molar-refractivity contribution in [2.75, 3.05) is 6.61 Å². The van der Waals surface area contributed by atoms with Crippen molar-refractivity contribution >= 4 is 23.9 Å². The second-order valence-corrected chi connectivity index (χ2v) is 14.6. The molecule has 0 radical (unpaired) electrons. The van der Waals surface area contributed by atoms with Crippen molar-refractivity contribution in [3.05, 3.63) is 251 Å². The number of rotatable bonds is 14. The summed E-state index contributed by atoms with van der Waals surface area (Å²) in [7, 11) is 0. The summed E-state index contributed by atoms with van der Waals surface area (Å²) in [4.78, 5) is 56.2. The van der Waals surface area contributed by atoms with E-state index in [1.807, 2.05) is 91.0 Å². The van der Waals surface area contributed by atoms with E-state index in [0.29, 0.717) is 0 Å². The molecule has 63 heavy (non-hydrogen) atoms. The van der Waals surface area contributed by atoms with Crippen LogP contribution in [0, 0.1) is 0 Å². The number of hydrogen-bond donors (Lipinski definition) is 0. The van der Waals surface area contributed by atoms with Crippen molar-refractivity contribution in [3.63, 3.8) is 0 Å². The van der Waals surface area contributed by atoms with Crippen LogP contribution in [0.15, 0.2) is 212 Å². The minimum Gasteiger partial charge on any atom is -0.452 e. The first kappa shape index (κ1) is 42.0. The van der Waals surface area contributed by atoms with E-state index in [-0.39, 0.29) is 28.9 Å². The molecule has 0 aromatic heterocycles. The fourth-order valence-corrected chi connectivity index (χ4v) is 7.53. The molecule has 7 aromatic rings. The molecule has 8 rings (SSSR count). The molecular formula is C53H42O10. The normalized spacial score (nSPS) is 18.3. The van der Waals surface area contributed by atoms with Crippen molar-refractivity contribution in [1.82, 2.24) is 0 Å². The first-order valence-corrected chi connectivity index (χ1v) is 20.4. The van der Waals surface area contributed by atoms with Gasteiger partial charge in [-0.25, -0.2) is 19.2 Å². The Morgan fingerprint density at radius 1 is 0.365 bits per heavy atom. The van der Waals surface area contributed by atoms with E-state index in [1.54, 1.807) is 121 Å². The van der Waals surface area contributed by atoms with Crippen molar-refractivity contribution < 1.29 is 47.6 Å². The van der Waals surface area contributed by atoms with Crippen molar-refractivity contribution in [2.45, 2.75) is 36.3 Å². The van der Waals surface area contributed by atoms with Gasteiger partial charge in [-0.2, -0.15) is 0 Å². The van der Waals surface area contributed by atoms with Gasteiger partial charge in [-0.05, 0) is 65.2 Å². The summed E-state index contributed by atoms with van der Waals surface area (Å²) in [5.41, 5.74) is 1.69. The summed E-state index contributed by atoms with van der Waals surface area (Å²) >= 11 is 0. The second kappa shape index (κ2) is 19.8. The minimum atomic E-state index is -1.72. The van der Waals surface area contributed by atoms with Crippen LogP contribution >= 0.6 is 0 Å². The van der Waals surface area contributed by atoms with Gasteiger partial charge in [0.05, 0.1) is 28.9 Å². The maximum atomic E-state index is 14.2. The van der Waals surface area contributed by atoms with Gasteiger partial charge in [0.2, 0.25) is 12.4 Å². The summed E-state index contributed by atoms with van der Waals surface area (Å²) in [6, 6.07) is 61.6. The average Bonchev–Trinajstić information content (AvgIpc) is 3.35. The lowest BCUT2D eigenvalue weighted by Crippen LogP contribution is -2.63. The molecule has 1 saturated heterocycles. The molecule has 5 atom stereocenters. The Kier molecular flexibility index (Phi) is 13.2. The maximum absolute atomic E-state index is 14.2. The molecule has 10 heteroatoms. The topological polar surface area (TPSA) is 124 Å². The van der Waals surface area contributed by atoms with E-state index >= 15 is 0 Å². The van der Waals surface area contributed by atoms with Crippen LogP contribution in [0.25, 0.3) is 0 Å². The van der Waals surface area contributed by atoms with Gasteiger partial charge in [0.15, 0.2) is 12.2 Å². The molecule has 1 aliphatic rings. The molecule has 0 bridgehead atoms. The standard InChI is InChI=1S/C53H42O10/c54-48(37-22-8-1-9-23-37)60-45-44(36-58-53(41-30-16-5-17-31-41,42-32-18-6-19-33-42)43-34-20-7-21-35-43)59-52(63-51(57)40-28-14-4-15-29-40)47(62-50(56)39-26-12-3-13-27-39)46(45)61-49(55)38-24-10-2-11-25-38/h1-35,44-47,52H,36H2. The Morgan fingerprint density at radius 2 is 0.651 bits per heavy atom. The van der Waals surface area contributed by atoms with Gasteiger partial charge in [-0.15, -0.1) is 0 Å². The monoisotopic (exact) mass is 838 g/mol. The largest absolute Gasteiger partial charge is 0.452 e. The third-order valence-electron chi connectivity index (χ3n) is 10.6. The van der Waals surface area contributed by atoms with Crippen LogP contribution < -0.4 is 0 Å². The third-order valence-corrected chi connectivity index (χ3v) is 10.6. The summed E-state index contributed by atoms with van der Waals surface area (Å²) < 4.78 is 38.7. The Morgan fingerprint density at radius 3 is 1.00 bits per heavy atom. The van der Waals surface area contributed by atoms with Gasteiger partial charge < -0.3 is 28.4 Å². The molecule has 7 aromatic carbocycles. The SMILES string of the molecule is O=C(OC1OC(COC(c2ccccc2)(c2ccccc2)c2ccccc2)C(OC(=O)c2ccccc2)C(OC(=O)c2ccccc2)C1OC(=O)c1ccccc1)c1ccccc1. The van der Waals surface area contributed by atoms with Gasteiger partial charge in [-0.3, -0.25) is 0 Å². The molecule has 1 aliphatic heterocycles. The first-order chi connectivity index (χ1) is 30.9. The summed E-state index contributed by atoms with van der Waals surface area (Å²) in [6.07, 6.45) is -7.88. The fraction of sp³-hybridized carbons (Fsp3) is 0.132. The number of ether oxygens (including phenoxy) is 6. The fourth-order valence-electron chi connectivity index (χ4n) is 7.53. The van der Waals surface area contributed by atoms with Gasteiger partial charge in [0.25, 0.3) is 0 Å². The van der Waals surface area contributed by atoms with Crippen LogP contribution in [-0.2, 0) is 34.0 Å². The highest BCUT2D eigenvalue weighted by Gasteiger charge is 2.55. The molecule has 5 unspecified atom stereocenters. The van der Waals surface area contributed by atoms with Gasteiger partial charge in [0.1, 0.15) is 11.7 Å². The zero-order chi connectivity index (χ0) is 43.4. The molecular weight excluding hydrogens is 797 g/mol. The van der Waals surface area contributed by atoms with E-state index in [2.05, 4.69) is 0 Å². The van der Waals surface area contributed by atoms with Crippen LogP contribution in [0.5, 0.6) is 0 Å². The molecule has 1 heterocycles. The Bertz CT molecular complexity index is 2480.